The number of amides is 2. The number of ether oxygens (including phenoxy) is 1. The van der Waals surface area contributed by atoms with Crippen LogP contribution in [0.1, 0.15) is 47.3 Å². The monoisotopic (exact) mass is 340 g/mol. The number of aromatic nitrogens is 1. The standard InChI is InChI=1S/C19H20N2O4/c22-17-6-3-9-21(17)18(23)11-25-19(24)12-7-8-16-14(10-12)13-4-1-2-5-15(13)20-16/h7-8,10,20H,1-6,9,11H2. The zero-order valence-electron chi connectivity index (χ0n) is 14.0. The van der Waals surface area contributed by atoms with Crippen molar-refractivity contribution >= 4 is 28.7 Å². The van der Waals surface area contributed by atoms with E-state index >= 15 is 0 Å². The Morgan fingerprint density at radius 1 is 1.12 bits per heavy atom. The number of nitrogens with zero attached hydrogens (tertiary/aromatic N) is 1. The number of fused-ring (bicyclic) bond motifs is 3. The van der Waals surface area contributed by atoms with E-state index in [0.717, 1.165) is 30.2 Å². The highest BCUT2D eigenvalue weighted by atomic mass is 16.5. The maximum absolute atomic E-state index is 12.3. The lowest BCUT2D eigenvalue weighted by atomic mass is 9.95. The minimum atomic E-state index is -0.535. The molecule has 1 aliphatic heterocycles. The van der Waals surface area contributed by atoms with Crippen LogP contribution >= 0.6 is 0 Å². The summed E-state index contributed by atoms with van der Waals surface area (Å²) in [7, 11) is 0. The number of hydrogen-bond acceptors (Lipinski definition) is 4. The zero-order valence-corrected chi connectivity index (χ0v) is 14.0. The molecule has 6 nitrogen and oxygen atoms in total. The number of nitrogens with one attached hydrogen (secondary N) is 1. The van der Waals surface area contributed by atoms with Crippen LogP contribution in [0.4, 0.5) is 0 Å². The van der Waals surface area contributed by atoms with Gasteiger partial charge in [0.2, 0.25) is 5.91 Å². The highest BCUT2D eigenvalue weighted by molar-refractivity contribution is 6.00. The van der Waals surface area contributed by atoms with Crippen LogP contribution in [0.3, 0.4) is 0 Å². The Morgan fingerprint density at radius 3 is 2.76 bits per heavy atom. The lowest BCUT2D eigenvalue weighted by Crippen LogP contribution is -2.35. The summed E-state index contributed by atoms with van der Waals surface area (Å²) in [5.41, 5.74) is 4.01. The van der Waals surface area contributed by atoms with E-state index in [-0.39, 0.29) is 5.91 Å². The summed E-state index contributed by atoms with van der Waals surface area (Å²) >= 11 is 0. The van der Waals surface area contributed by atoms with E-state index in [9.17, 15) is 14.4 Å². The molecule has 25 heavy (non-hydrogen) atoms. The number of aryl methyl sites for hydroxylation is 2. The molecule has 2 amide bonds. The Bertz CT molecular complexity index is 868. The average molecular weight is 340 g/mol. The van der Waals surface area contributed by atoms with E-state index in [1.165, 1.54) is 22.6 Å². The average Bonchev–Trinajstić information content (AvgIpc) is 3.22. The highest BCUT2D eigenvalue weighted by Gasteiger charge is 2.27. The summed E-state index contributed by atoms with van der Waals surface area (Å²) < 4.78 is 5.13. The Morgan fingerprint density at radius 2 is 1.96 bits per heavy atom. The first-order valence-corrected chi connectivity index (χ1v) is 8.77. The molecule has 1 aromatic carbocycles. The van der Waals surface area contributed by atoms with Crippen LogP contribution in [0.5, 0.6) is 0 Å². The van der Waals surface area contributed by atoms with Crippen LogP contribution in [-0.2, 0) is 27.2 Å². The second kappa shape index (κ2) is 6.35. The number of rotatable bonds is 3. The number of H-pyrrole nitrogens is 1. The Hall–Kier alpha value is -2.63. The minimum absolute atomic E-state index is 0.193. The third-order valence-corrected chi connectivity index (χ3v) is 5.03. The molecule has 1 aliphatic carbocycles. The van der Waals surface area contributed by atoms with Crippen LogP contribution in [0, 0.1) is 0 Å². The second-order valence-electron chi connectivity index (χ2n) is 6.67. The van der Waals surface area contributed by atoms with Crippen molar-refractivity contribution in [3.05, 3.63) is 35.0 Å². The van der Waals surface area contributed by atoms with Gasteiger partial charge in [0, 0.05) is 29.6 Å². The predicted octanol–water partition coefficient (Wildman–Crippen LogP) is 2.35. The summed E-state index contributed by atoms with van der Waals surface area (Å²) in [5.74, 6) is -1.18. The van der Waals surface area contributed by atoms with Gasteiger partial charge in [-0.1, -0.05) is 0 Å². The van der Waals surface area contributed by atoms with Gasteiger partial charge < -0.3 is 9.72 Å². The van der Waals surface area contributed by atoms with Crippen LogP contribution in [0.25, 0.3) is 10.9 Å². The number of hydrogen-bond donors (Lipinski definition) is 1. The van der Waals surface area contributed by atoms with E-state index in [4.69, 9.17) is 4.74 Å². The van der Waals surface area contributed by atoms with Crippen LogP contribution in [-0.4, -0.2) is 40.8 Å². The molecule has 4 rings (SSSR count). The first-order chi connectivity index (χ1) is 12.1. The van der Waals surface area contributed by atoms with Crippen molar-refractivity contribution in [2.45, 2.75) is 38.5 Å². The highest BCUT2D eigenvalue weighted by Crippen LogP contribution is 2.29. The van der Waals surface area contributed by atoms with Gasteiger partial charge in [0.1, 0.15) is 0 Å². The molecule has 1 N–H and O–H groups in total. The molecule has 2 aliphatic rings. The zero-order chi connectivity index (χ0) is 17.4. The molecular weight excluding hydrogens is 320 g/mol. The molecule has 1 fully saturated rings. The fourth-order valence-corrected chi connectivity index (χ4v) is 3.73. The smallest absolute Gasteiger partial charge is 0.338 e. The van der Waals surface area contributed by atoms with Gasteiger partial charge in [-0.3, -0.25) is 14.5 Å². The van der Waals surface area contributed by atoms with Crippen molar-refractivity contribution in [2.75, 3.05) is 13.2 Å². The molecule has 0 radical (unpaired) electrons. The Labute approximate surface area is 145 Å². The van der Waals surface area contributed by atoms with E-state index in [0.29, 0.717) is 24.9 Å². The Kier molecular flexibility index (Phi) is 4.03. The topological polar surface area (TPSA) is 79.5 Å². The van der Waals surface area contributed by atoms with Gasteiger partial charge >= 0.3 is 5.97 Å². The second-order valence-corrected chi connectivity index (χ2v) is 6.67. The number of esters is 1. The van der Waals surface area contributed by atoms with Crippen molar-refractivity contribution in [3.63, 3.8) is 0 Å². The first-order valence-electron chi connectivity index (χ1n) is 8.77. The number of benzene rings is 1. The largest absolute Gasteiger partial charge is 0.452 e. The lowest BCUT2D eigenvalue weighted by molar-refractivity contribution is -0.143. The predicted molar refractivity (Wildman–Crippen MR) is 91.2 cm³/mol. The molecule has 0 saturated carbocycles. The summed E-state index contributed by atoms with van der Waals surface area (Å²) in [5, 5.41) is 1.06. The molecule has 130 valence electrons. The van der Waals surface area contributed by atoms with Crippen LogP contribution in [0.2, 0.25) is 0 Å². The Balaban J connectivity index is 1.48. The molecular formula is C19H20N2O4. The van der Waals surface area contributed by atoms with E-state index in [2.05, 4.69) is 4.98 Å². The van der Waals surface area contributed by atoms with Crippen molar-refractivity contribution in [2.24, 2.45) is 0 Å². The van der Waals surface area contributed by atoms with Crippen LogP contribution < -0.4 is 0 Å². The van der Waals surface area contributed by atoms with Crippen molar-refractivity contribution in [1.29, 1.82) is 0 Å². The lowest BCUT2D eigenvalue weighted by Gasteiger charge is -2.13. The van der Waals surface area contributed by atoms with E-state index in [1.54, 1.807) is 6.07 Å². The molecule has 0 unspecified atom stereocenters. The van der Waals surface area contributed by atoms with Gasteiger partial charge in [-0.2, -0.15) is 0 Å². The quantitative estimate of drug-likeness (QED) is 0.870. The van der Waals surface area contributed by atoms with Crippen molar-refractivity contribution < 1.29 is 19.1 Å². The minimum Gasteiger partial charge on any atom is -0.452 e. The fourth-order valence-electron chi connectivity index (χ4n) is 3.73. The summed E-state index contributed by atoms with van der Waals surface area (Å²) in [4.78, 5) is 40.4. The number of carbonyl (C=O) groups is 3. The van der Waals surface area contributed by atoms with Crippen molar-refractivity contribution in [3.8, 4) is 0 Å². The molecule has 0 bridgehead atoms. The molecule has 1 aromatic heterocycles. The number of aromatic amines is 1. The summed E-state index contributed by atoms with van der Waals surface area (Å²) in [6.45, 7) is 0.0184. The number of imide groups is 1. The third-order valence-electron chi connectivity index (χ3n) is 5.03. The maximum Gasteiger partial charge on any atom is 0.338 e. The van der Waals surface area contributed by atoms with Crippen molar-refractivity contribution in [1.82, 2.24) is 9.88 Å². The number of carbonyl (C=O) groups excluding carboxylic acids is 3. The van der Waals surface area contributed by atoms with Gasteiger partial charge in [-0.15, -0.1) is 0 Å². The SMILES string of the molecule is O=C(OCC(=O)N1CCCC1=O)c1ccc2[nH]c3c(c2c1)CCCC3. The van der Waals surface area contributed by atoms with Gasteiger partial charge in [0.05, 0.1) is 5.56 Å². The molecule has 0 spiro atoms. The number of likely N-dealkylation sites (tertiary alicyclic amines) is 1. The fraction of sp³-hybridized carbons (Fsp3) is 0.421. The van der Waals surface area contributed by atoms with E-state index in [1.807, 2.05) is 12.1 Å². The normalized spacial score (nSPS) is 17.0. The van der Waals surface area contributed by atoms with Gasteiger partial charge in [0.25, 0.3) is 5.91 Å². The molecule has 2 aromatic rings. The maximum atomic E-state index is 12.3. The molecule has 1 saturated heterocycles. The van der Waals surface area contributed by atoms with E-state index < -0.39 is 18.5 Å². The van der Waals surface area contributed by atoms with Gasteiger partial charge in [-0.25, -0.2) is 4.79 Å². The summed E-state index contributed by atoms with van der Waals surface area (Å²) in [6.07, 6.45) is 5.47. The first kappa shape index (κ1) is 15.9. The molecule has 0 atom stereocenters. The molecule has 2 heterocycles. The van der Waals surface area contributed by atoms with Gasteiger partial charge in [-0.05, 0) is 55.9 Å². The summed E-state index contributed by atoms with van der Waals surface area (Å²) in [6, 6.07) is 5.43. The van der Waals surface area contributed by atoms with Gasteiger partial charge in [0.15, 0.2) is 6.61 Å². The third kappa shape index (κ3) is 2.92. The molecule has 6 heteroatoms. The van der Waals surface area contributed by atoms with Crippen LogP contribution in [0.15, 0.2) is 18.2 Å².